The molecular weight excluding hydrogens is 397 g/mol. The van der Waals surface area contributed by atoms with Gasteiger partial charge in [-0.1, -0.05) is 24.3 Å². The van der Waals surface area contributed by atoms with E-state index in [-0.39, 0.29) is 24.8 Å². The Morgan fingerprint density at radius 2 is 1.83 bits per heavy atom. The molecule has 0 heterocycles. The maximum absolute atomic E-state index is 12.8. The Bertz CT molecular complexity index is 869. The van der Waals surface area contributed by atoms with Crippen LogP contribution < -0.4 is 15.4 Å². The Hall–Kier alpha value is -3.03. The molecule has 1 atom stereocenters. The predicted molar refractivity (Wildman–Crippen MR) is 107 cm³/mol. The quantitative estimate of drug-likeness (QED) is 0.585. The van der Waals surface area contributed by atoms with Gasteiger partial charge in [0.2, 0.25) is 5.91 Å². The highest BCUT2D eigenvalue weighted by Gasteiger charge is 2.30. The van der Waals surface area contributed by atoms with Crippen LogP contribution in [0.1, 0.15) is 54.2 Å². The molecule has 0 saturated heterocycles. The van der Waals surface area contributed by atoms with Gasteiger partial charge < -0.3 is 15.4 Å². The van der Waals surface area contributed by atoms with Gasteiger partial charge in [0.1, 0.15) is 5.75 Å². The lowest BCUT2D eigenvalue weighted by Gasteiger charge is -2.16. The topological polar surface area (TPSA) is 67.4 Å². The molecule has 162 valence electrons. The fourth-order valence-corrected chi connectivity index (χ4v) is 2.86. The first-order chi connectivity index (χ1) is 14.2. The fraction of sp³-hybridized carbons (Fsp3) is 0.364. The zero-order valence-corrected chi connectivity index (χ0v) is 16.9. The Balaban J connectivity index is 1.79. The summed E-state index contributed by atoms with van der Waals surface area (Å²) in [6, 6.07) is 11.2. The number of halogens is 3. The number of amides is 2. The van der Waals surface area contributed by atoms with Gasteiger partial charge in [0.05, 0.1) is 23.8 Å². The molecule has 2 aromatic carbocycles. The molecule has 0 radical (unpaired) electrons. The SMILES string of the molecule is CCOc1ccccc1C(=O)NCCCC(=O)NC(C)c1cccc(C(F)(F)F)c1. The third kappa shape index (κ3) is 6.79. The van der Waals surface area contributed by atoms with Crippen LogP contribution in [0.15, 0.2) is 48.5 Å². The van der Waals surface area contributed by atoms with Crippen LogP contribution >= 0.6 is 0 Å². The van der Waals surface area contributed by atoms with E-state index >= 15 is 0 Å². The summed E-state index contributed by atoms with van der Waals surface area (Å²) in [6.07, 6.45) is -3.90. The minimum Gasteiger partial charge on any atom is -0.493 e. The molecule has 0 aliphatic heterocycles. The highest BCUT2D eigenvalue weighted by Crippen LogP contribution is 2.30. The molecule has 2 N–H and O–H groups in total. The van der Waals surface area contributed by atoms with E-state index < -0.39 is 17.8 Å². The molecule has 2 amide bonds. The van der Waals surface area contributed by atoms with Crippen molar-refractivity contribution in [1.82, 2.24) is 10.6 Å². The number of nitrogens with one attached hydrogen (secondary N) is 2. The number of ether oxygens (including phenoxy) is 1. The molecule has 5 nitrogen and oxygen atoms in total. The van der Waals surface area contributed by atoms with E-state index in [1.165, 1.54) is 12.1 Å². The number of hydrogen-bond acceptors (Lipinski definition) is 3. The van der Waals surface area contributed by atoms with E-state index in [4.69, 9.17) is 4.74 Å². The average Bonchev–Trinajstić information content (AvgIpc) is 2.71. The second-order valence-corrected chi connectivity index (χ2v) is 6.70. The van der Waals surface area contributed by atoms with E-state index in [9.17, 15) is 22.8 Å². The zero-order chi connectivity index (χ0) is 22.1. The standard InChI is InChI=1S/C22H25F3N2O3/c1-3-30-19-11-5-4-10-18(19)21(29)26-13-7-12-20(28)27-15(2)16-8-6-9-17(14-16)22(23,24)25/h4-6,8-11,14-15H,3,7,12-13H2,1-2H3,(H,26,29)(H,27,28). The highest BCUT2D eigenvalue weighted by atomic mass is 19.4. The van der Waals surface area contributed by atoms with Crippen molar-refractivity contribution in [2.75, 3.05) is 13.2 Å². The number of hydrogen-bond donors (Lipinski definition) is 2. The Labute approximate surface area is 173 Å². The molecule has 8 heteroatoms. The first-order valence-corrected chi connectivity index (χ1v) is 9.69. The summed E-state index contributed by atoms with van der Waals surface area (Å²) in [5.74, 6) is -0.106. The largest absolute Gasteiger partial charge is 0.493 e. The number of rotatable bonds is 9. The summed E-state index contributed by atoms with van der Waals surface area (Å²) in [7, 11) is 0. The van der Waals surface area contributed by atoms with Gasteiger partial charge in [-0.3, -0.25) is 9.59 Å². The van der Waals surface area contributed by atoms with Crippen LogP contribution in [0.5, 0.6) is 5.75 Å². The van der Waals surface area contributed by atoms with Gasteiger partial charge >= 0.3 is 6.18 Å². The Morgan fingerprint density at radius 3 is 2.53 bits per heavy atom. The maximum atomic E-state index is 12.8. The number of carbonyl (C=O) groups is 2. The van der Waals surface area contributed by atoms with Gasteiger partial charge in [0.15, 0.2) is 0 Å². The molecule has 0 bridgehead atoms. The molecule has 0 spiro atoms. The molecular formula is C22H25F3N2O3. The number of benzene rings is 2. The van der Waals surface area contributed by atoms with E-state index in [0.29, 0.717) is 29.9 Å². The molecule has 0 fully saturated rings. The van der Waals surface area contributed by atoms with E-state index in [1.807, 2.05) is 6.92 Å². The van der Waals surface area contributed by atoms with Gasteiger partial charge in [-0.05, 0) is 50.1 Å². The van der Waals surface area contributed by atoms with Crippen LogP contribution in [0.4, 0.5) is 13.2 Å². The predicted octanol–water partition coefficient (Wildman–Crippen LogP) is 4.49. The molecule has 0 saturated carbocycles. The first kappa shape index (κ1) is 23.3. The van der Waals surface area contributed by atoms with Crippen molar-refractivity contribution in [3.05, 3.63) is 65.2 Å². The van der Waals surface area contributed by atoms with Crippen molar-refractivity contribution in [2.24, 2.45) is 0 Å². The van der Waals surface area contributed by atoms with Crippen LogP contribution in [0.2, 0.25) is 0 Å². The van der Waals surface area contributed by atoms with Crippen LogP contribution in [0, 0.1) is 0 Å². The molecule has 2 aromatic rings. The first-order valence-electron chi connectivity index (χ1n) is 9.69. The number of carbonyl (C=O) groups excluding carboxylic acids is 2. The number of alkyl halides is 3. The minimum atomic E-state index is -4.43. The molecule has 2 rings (SSSR count). The third-order valence-electron chi connectivity index (χ3n) is 4.39. The molecule has 0 aromatic heterocycles. The average molecular weight is 422 g/mol. The van der Waals surface area contributed by atoms with E-state index in [1.54, 1.807) is 31.2 Å². The highest BCUT2D eigenvalue weighted by molar-refractivity contribution is 5.96. The van der Waals surface area contributed by atoms with Crippen LogP contribution in [-0.4, -0.2) is 25.0 Å². The van der Waals surface area contributed by atoms with Gasteiger partial charge in [-0.2, -0.15) is 13.2 Å². The summed E-state index contributed by atoms with van der Waals surface area (Å²) in [5, 5.41) is 5.42. The molecule has 30 heavy (non-hydrogen) atoms. The Morgan fingerprint density at radius 1 is 1.10 bits per heavy atom. The van der Waals surface area contributed by atoms with Crippen LogP contribution in [0.25, 0.3) is 0 Å². The van der Waals surface area contributed by atoms with Gasteiger partial charge in [0, 0.05) is 13.0 Å². The lowest BCUT2D eigenvalue weighted by Crippen LogP contribution is -2.29. The van der Waals surface area contributed by atoms with Crippen molar-refractivity contribution in [3.63, 3.8) is 0 Å². The van der Waals surface area contributed by atoms with Crippen molar-refractivity contribution >= 4 is 11.8 Å². The van der Waals surface area contributed by atoms with Crippen molar-refractivity contribution in [2.45, 2.75) is 38.9 Å². The summed E-state index contributed by atoms with van der Waals surface area (Å²) >= 11 is 0. The summed E-state index contributed by atoms with van der Waals surface area (Å²) in [5.41, 5.74) is 0.0390. The molecule has 0 aliphatic rings. The lowest BCUT2D eigenvalue weighted by molar-refractivity contribution is -0.137. The van der Waals surface area contributed by atoms with Gasteiger partial charge in [-0.25, -0.2) is 0 Å². The smallest absolute Gasteiger partial charge is 0.416 e. The third-order valence-corrected chi connectivity index (χ3v) is 4.39. The normalized spacial score (nSPS) is 12.2. The maximum Gasteiger partial charge on any atom is 0.416 e. The van der Waals surface area contributed by atoms with Crippen LogP contribution in [-0.2, 0) is 11.0 Å². The second-order valence-electron chi connectivity index (χ2n) is 6.70. The van der Waals surface area contributed by atoms with Crippen LogP contribution in [0.3, 0.4) is 0 Å². The minimum absolute atomic E-state index is 0.136. The molecule has 0 aliphatic carbocycles. The van der Waals surface area contributed by atoms with E-state index in [2.05, 4.69) is 10.6 Å². The van der Waals surface area contributed by atoms with Gasteiger partial charge in [0.25, 0.3) is 5.91 Å². The van der Waals surface area contributed by atoms with Crippen molar-refractivity contribution in [3.8, 4) is 5.75 Å². The van der Waals surface area contributed by atoms with E-state index in [0.717, 1.165) is 12.1 Å². The lowest BCUT2D eigenvalue weighted by atomic mass is 10.0. The van der Waals surface area contributed by atoms with Crippen molar-refractivity contribution < 1.29 is 27.5 Å². The van der Waals surface area contributed by atoms with Gasteiger partial charge in [-0.15, -0.1) is 0 Å². The monoisotopic (exact) mass is 422 g/mol. The summed E-state index contributed by atoms with van der Waals surface area (Å²) < 4.78 is 43.9. The summed E-state index contributed by atoms with van der Waals surface area (Å²) in [4.78, 5) is 24.4. The molecule has 1 unspecified atom stereocenters. The number of para-hydroxylation sites is 1. The summed E-state index contributed by atoms with van der Waals surface area (Å²) in [6.45, 7) is 4.17. The Kier molecular flexibility index (Phi) is 8.26. The van der Waals surface area contributed by atoms with Crippen molar-refractivity contribution in [1.29, 1.82) is 0 Å². The fourth-order valence-electron chi connectivity index (χ4n) is 2.86. The zero-order valence-electron chi connectivity index (χ0n) is 16.9. The second kappa shape index (κ2) is 10.7.